The van der Waals surface area contributed by atoms with E-state index >= 15 is 0 Å². The first kappa shape index (κ1) is 11.9. The molecule has 2 heterocycles. The normalized spacial score (nSPS) is 14.1. The van der Waals surface area contributed by atoms with Crippen molar-refractivity contribution in [3.8, 4) is 0 Å². The van der Waals surface area contributed by atoms with Crippen LogP contribution in [-0.2, 0) is 0 Å². The molecule has 0 amide bonds. The van der Waals surface area contributed by atoms with E-state index in [-0.39, 0.29) is 14.8 Å². The Morgan fingerprint density at radius 3 is 2.65 bits per heavy atom. The van der Waals surface area contributed by atoms with Gasteiger partial charge in [-0.1, -0.05) is 0 Å². The molecule has 92 valence electrons. The van der Waals surface area contributed by atoms with Gasteiger partial charge in [-0.2, -0.15) is 13.2 Å². The number of rotatable bonds is 1. The van der Waals surface area contributed by atoms with Gasteiger partial charge in [-0.05, 0) is 18.4 Å². The molecule has 2 aromatic heterocycles. The highest BCUT2D eigenvalue weighted by Gasteiger charge is 2.39. The summed E-state index contributed by atoms with van der Waals surface area (Å²) < 4.78 is 37.7. The highest BCUT2D eigenvalue weighted by Crippen LogP contribution is 2.28. The van der Waals surface area contributed by atoms with Crippen molar-refractivity contribution in [1.82, 2.24) is 9.55 Å². The number of nitrogens with zero attached hydrogens (tertiary/aromatic N) is 1. The summed E-state index contributed by atoms with van der Waals surface area (Å²) in [4.78, 5) is 25.7. The van der Waals surface area contributed by atoms with E-state index < -0.39 is 23.5 Å². The highest BCUT2D eigenvalue weighted by atomic mass is 32.1. The Bertz CT molecular complexity index is 667. The molecule has 0 radical (unpaired) electrons. The summed E-state index contributed by atoms with van der Waals surface area (Å²) in [5.74, 6) is 0. The zero-order valence-corrected chi connectivity index (χ0v) is 9.35. The van der Waals surface area contributed by atoms with Gasteiger partial charge >= 0.3 is 11.9 Å². The largest absolute Gasteiger partial charge is 0.409 e. The van der Waals surface area contributed by atoms with E-state index in [1.807, 2.05) is 0 Å². The van der Waals surface area contributed by atoms with Gasteiger partial charge in [0.25, 0.3) is 5.56 Å². The van der Waals surface area contributed by atoms with Crippen molar-refractivity contribution in [1.29, 1.82) is 0 Å². The van der Waals surface area contributed by atoms with Gasteiger partial charge in [-0.3, -0.25) is 9.78 Å². The number of hydrogen-bond acceptors (Lipinski definition) is 3. The first-order valence-corrected chi connectivity index (χ1v) is 5.49. The Kier molecular flexibility index (Phi) is 2.61. The van der Waals surface area contributed by atoms with Crippen molar-refractivity contribution in [3.63, 3.8) is 0 Å². The third-order valence-corrected chi connectivity index (χ3v) is 3.24. The molecule has 8 heteroatoms. The molecule has 0 aromatic carbocycles. The Balaban J connectivity index is 2.78. The second-order valence-corrected chi connectivity index (χ2v) is 4.40. The molecule has 2 rings (SSSR count). The second kappa shape index (κ2) is 3.73. The van der Waals surface area contributed by atoms with Gasteiger partial charge in [-0.15, -0.1) is 11.3 Å². The predicted molar refractivity (Wildman–Crippen MR) is 57.5 cm³/mol. The molecule has 0 aliphatic carbocycles. The Hall–Kier alpha value is -1.57. The van der Waals surface area contributed by atoms with Crippen LogP contribution in [0.15, 0.2) is 21.0 Å². The number of nitrogens with one attached hydrogen (secondary N) is 1. The van der Waals surface area contributed by atoms with Crippen molar-refractivity contribution in [2.75, 3.05) is 0 Å². The topological polar surface area (TPSA) is 54.9 Å². The van der Waals surface area contributed by atoms with Crippen molar-refractivity contribution in [3.05, 3.63) is 32.3 Å². The fourth-order valence-corrected chi connectivity index (χ4v) is 2.22. The average molecular weight is 264 g/mol. The fraction of sp³-hybridized carbons (Fsp3) is 0.333. The average Bonchev–Trinajstić information content (AvgIpc) is 2.64. The Morgan fingerprint density at radius 1 is 1.41 bits per heavy atom. The van der Waals surface area contributed by atoms with Crippen molar-refractivity contribution < 1.29 is 13.2 Å². The van der Waals surface area contributed by atoms with Crippen LogP contribution in [0.4, 0.5) is 13.2 Å². The number of fused-ring (bicyclic) bond motifs is 1. The maximum absolute atomic E-state index is 12.5. The minimum atomic E-state index is -4.64. The van der Waals surface area contributed by atoms with Crippen molar-refractivity contribution >= 4 is 21.6 Å². The number of H-pyrrole nitrogens is 1. The zero-order chi connectivity index (χ0) is 12.8. The summed E-state index contributed by atoms with van der Waals surface area (Å²) in [5.41, 5.74) is -1.97. The molecule has 0 unspecified atom stereocenters. The third kappa shape index (κ3) is 1.88. The molecule has 0 fully saturated rings. The smallest absolute Gasteiger partial charge is 0.298 e. The summed E-state index contributed by atoms with van der Waals surface area (Å²) in [6.45, 7) is 0.773. The number of hydrogen-bond donors (Lipinski definition) is 1. The van der Waals surface area contributed by atoms with Crippen LogP contribution in [0.5, 0.6) is 0 Å². The van der Waals surface area contributed by atoms with Crippen LogP contribution >= 0.6 is 11.3 Å². The van der Waals surface area contributed by atoms with Gasteiger partial charge in [0.2, 0.25) is 0 Å². The Morgan fingerprint density at radius 2 is 2.06 bits per heavy atom. The van der Waals surface area contributed by atoms with Crippen LogP contribution in [0, 0.1) is 0 Å². The first-order chi connectivity index (χ1) is 7.82. The number of aromatic amines is 1. The molecular formula is C9H7F3N2O2S. The van der Waals surface area contributed by atoms with E-state index in [1.54, 1.807) is 0 Å². The van der Waals surface area contributed by atoms with Gasteiger partial charge in [0.05, 0.1) is 5.39 Å². The summed E-state index contributed by atoms with van der Waals surface area (Å²) in [7, 11) is 0. The molecular weight excluding hydrogens is 257 g/mol. The lowest BCUT2D eigenvalue weighted by atomic mass is 10.3. The van der Waals surface area contributed by atoms with Crippen LogP contribution in [0.25, 0.3) is 10.2 Å². The third-order valence-electron chi connectivity index (χ3n) is 2.41. The van der Waals surface area contributed by atoms with Gasteiger partial charge < -0.3 is 0 Å². The summed E-state index contributed by atoms with van der Waals surface area (Å²) in [6.07, 6.45) is -4.64. The predicted octanol–water partition coefficient (Wildman–Crippen LogP) is 1.87. The zero-order valence-electron chi connectivity index (χ0n) is 8.54. The highest BCUT2D eigenvalue weighted by molar-refractivity contribution is 7.16. The molecule has 0 aliphatic heterocycles. The minimum Gasteiger partial charge on any atom is -0.298 e. The van der Waals surface area contributed by atoms with Crippen LogP contribution in [0.1, 0.15) is 13.0 Å². The summed E-state index contributed by atoms with van der Waals surface area (Å²) >= 11 is 1.09. The van der Waals surface area contributed by atoms with E-state index in [1.165, 1.54) is 11.4 Å². The lowest BCUT2D eigenvalue weighted by Crippen LogP contribution is -2.42. The number of aromatic nitrogens is 2. The summed E-state index contributed by atoms with van der Waals surface area (Å²) in [5, 5.41) is 1.62. The maximum atomic E-state index is 12.5. The van der Waals surface area contributed by atoms with Gasteiger partial charge in [-0.25, -0.2) is 9.36 Å². The second-order valence-electron chi connectivity index (χ2n) is 3.49. The maximum Gasteiger partial charge on any atom is 0.409 e. The number of halogens is 3. The molecule has 4 nitrogen and oxygen atoms in total. The van der Waals surface area contributed by atoms with Crippen LogP contribution in [0.3, 0.4) is 0 Å². The number of alkyl halides is 3. The molecule has 0 spiro atoms. The lowest BCUT2D eigenvalue weighted by Gasteiger charge is -2.16. The van der Waals surface area contributed by atoms with Crippen molar-refractivity contribution in [2.45, 2.75) is 19.1 Å². The van der Waals surface area contributed by atoms with Crippen LogP contribution < -0.4 is 11.2 Å². The minimum absolute atomic E-state index is 0.0886. The molecule has 2 aromatic rings. The van der Waals surface area contributed by atoms with E-state index in [4.69, 9.17) is 0 Å². The summed E-state index contributed by atoms with van der Waals surface area (Å²) in [6, 6.07) is -0.763. The fourth-order valence-electron chi connectivity index (χ4n) is 1.45. The van der Waals surface area contributed by atoms with E-state index in [9.17, 15) is 22.8 Å². The molecule has 1 N–H and O–H groups in total. The monoisotopic (exact) mass is 264 g/mol. The number of thiophene rings is 1. The molecule has 0 saturated carbocycles. The van der Waals surface area contributed by atoms with Crippen molar-refractivity contribution in [2.24, 2.45) is 0 Å². The van der Waals surface area contributed by atoms with Gasteiger partial charge in [0.15, 0.2) is 0 Å². The molecule has 0 bridgehead atoms. The van der Waals surface area contributed by atoms with Gasteiger partial charge in [0.1, 0.15) is 10.9 Å². The van der Waals surface area contributed by atoms with E-state index in [2.05, 4.69) is 4.98 Å². The van der Waals surface area contributed by atoms with Crippen LogP contribution in [-0.4, -0.2) is 15.7 Å². The molecule has 0 saturated heterocycles. The first-order valence-electron chi connectivity index (χ1n) is 4.61. The quantitative estimate of drug-likeness (QED) is 0.855. The SMILES string of the molecule is C[C@@H](n1c(=O)[nH]c2sccc2c1=O)C(F)(F)F. The molecule has 0 aliphatic rings. The van der Waals surface area contributed by atoms with Gasteiger partial charge in [0, 0.05) is 0 Å². The van der Waals surface area contributed by atoms with E-state index in [0.29, 0.717) is 0 Å². The Labute approximate surface area is 96.3 Å². The molecule has 17 heavy (non-hydrogen) atoms. The standard InChI is InChI=1S/C9H7F3N2O2S/c1-4(9(10,11)12)14-7(15)5-2-3-17-6(5)13-8(14)16/h2-4H,1H3,(H,13,16)/t4-/m1/s1. The van der Waals surface area contributed by atoms with Crippen LogP contribution in [0.2, 0.25) is 0 Å². The lowest BCUT2D eigenvalue weighted by molar-refractivity contribution is -0.164. The molecule has 1 atom stereocenters. The van der Waals surface area contributed by atoms with E-state index in [0.717, 1.165) is 18.3 Å².